The van der Waals surface area contributed by atoms with Gasteiger partial charge in [0.05, 0.1) is 12.3 Å². The molecular formula is C24H24N2O3. The lowest BCUT2D eigenvalue weighted by atomic mass is 10.2. The number of hydrogen-bond acceptors (Lipinski definition) is 4. The number of aryl methyl sites for hydroxylation is 1. The first-order valence-corrected chi connectivity index (χ1v) is 9.49. The van der Waals surface area contributed by atoms with E-state index < -0.39 is 0 Å². The van der Waals surface area contributed by atoms with Crippen LogP contribution >= 0.6 is 0 Å². The number of nitrogens with one attached hydrogen (secondary N) is 1. The average Bonchev–Trinajstić information content (AvgIpc) is 2.73. The molecule has 0 unspecified atom stereocenters. The van der Waals surface area contributed by atoms with Crippen LogP contribution in [0.5, 0.6) is 11.5 Å². The third-order valence-electron chi connectivity index (χ3n) is 4.08. The molecule has 0 saturated carbocycles. The van der Waals surface area contributed by atoms with Gasteiger partial charge in [-0.15, -0.1) is 0 Å². The Morgan fingerprint density at radius 2 is 1.72 bits per heavy atom. The highest BCUT2D eigenvalue weighted by Gasteiger charge is 2.09. The molecule has 0 fully saturated rings. The number of nitrogens with zero attached hydrogens (tertiary/aromatic N) is 1. The van der Waals surface area contributed by atoms with E-state index in [0.29, 0.717) is 18.1 Å². The second-order valence-corrected chi connectivity index (χ2v) is 6.44. The van der Waals surface area contributed by atoms with Crippen molar-refractivity contribution in [1.82, 2.24) is 0 Å². The summed E-state index contributed by atoms with van der Waals surface area (Å²) in [6.45, 7) is 4.33. The highest BCUT2D eigenvalue weighted by molar-refractivity contribution is 5.91. The van der Waals surface area contributed by atoms with Crippen LogP contribution in [0.2, 0.25) is 0 Å². The second-order valence-electron chi connectivity index (χ2n) is 6.44. The number of hydrogen-bond donors (Lipinski definition) is 1. The predicted molar refractivity (Wildman–Crippen MR) is 117 cm³/mol. The molecule has 0 aliphatic carbocycles. The Hall–Kier alpha value is -3.60. The fraction of sp³-hybridized carbons (Fsp3) is 0.167. The van der Waals surface area contributed by atoms with Crippen molar-refractivity contribution in [1.29, 1.82) is 0 Å². The summed E-state index contributed by atoms with van der Waals surface area (Å²) in [5, 5.41) is 2.79. The molecule has 3 rings (SSSR count). The first-order chi connectivity index (χ1) is 14.1. The number of ether oxygens (including phenoxy) is 2. The molecule has 5 nitrogen and oxygen atoms in total. The Morgan fingerprint density at radius 3 is 2.45 bits per heavy atom. The lowest BCUT2D eigenvalue weighted by molar-refractivity contribution is -0.118. The van der Waals surface area contributed by atoms with Crippen LogP contribution in [0.1, 0.15) is 18.1 Å². The Balaban J connectivity index is 1.65. The largest absolute Gasteiger partial charge is 0.490 e. The second kappa shape index (κ2) is 10.1. The van der Waals surface area contributed by atoms with E-state index in [-0.39, 0.29) is 12.5 Å². The summed E-state index contributed by atoms with van der Waals surface area (Å²) in [7, 11) is 0. The molecule has 29 heavy (non-hydrogen) atoms. The van der Waals surface area contributed by atoms with E-state index in [4.69, 9.17) is 9.47 Å². The third kappa shape index (κ3) is 6.21. The van der Waals surface area contributed by atoms with Crippen LogP contribution < -0.4 is 14.8 Å². The smallest absolute Gasteiger partial charge is 0.262 e. The maximum atomic E-state index is 12.1. The number of para-hydroxylation sites is 1. The van der Waals surface area contributed by atoms with Gasteiger partial charge in [-0.2, -0.15) is 0 Å². The molecule has 0 heterocycles. The summed E-state index contributed by atoms with van der Waals surface area (Å²) in [5.74, 6) is 0.860. The lowest BCUT2D eigenvalue weighted by Gasteiger charge is -2.12. The minimum absolute atomic E-state index is 0.105. The quantitative estimate of drug-likeness (QED) is 0.542. The number of anilines is 1. The number of benzene rings is 3. The Kier molecular flexibility index (Phi) is 7.00. The number of amides is 1. The SMILES string of the molecule is CCOc1cc(C=Nc2ccc(C)cc2)ccc1OCC(=O)Nc1ccccc1. The van der Waals surface area contributed by atoms with Crippen LogP contribution in [0, 0.1) is 6.92 Å². The van der Waals surface area contributed by atoms with Crippen LogP contribution in [0.25, 0.3) is 0 Å². The minimum atomic E-state index is -0.233. The van der Waals surface area contributed by atoms with Gasteiger partial charge in [0.25, 0.3) is 5.91 Å². The summed E-state index contributed by atoms with van der Waals surface area (Å²) < 4.78 is 11.4. The van der Waals surface area contributed by atoms with Gasteiger partial charge in [0.2, 0.25) is 0 Å². The zero-order chi connectivity index (χ0) is 20.5. The minimum Gasteiger partial charge on any atom is -0.490 e. The van der Waals surface area contributed by atoms with Crippen molar-refractivity contribution >= 4 is 23.5 Å². The maximum Gasteiger partial charge on any atom is 0.262 e. The lowest BCUT2D eigenvalue weighted by Crippen LogP contribution is -2.20. The molecule has 0 aliphatic rings. The maximum absolute atomic E-state index is 12.1. The highest BCUT2D eigenvalue weighted by atomic mass is 16.5. The predicted octanol–water partition coefficient (Wildman–Crippen LogP) is 5.16. The van der Waals surface area contributed by atoms with Crippen LogP contribution in [-0.2, 0) is 4.79 Å². The van der Waals surface area contributed by atoms with Crippen molar-refractivity contribution in [2.24, 2.45) is 4.99 Å². The zero-order valence-electron chi connectivity index (χ0n) is 16.6. The summed E-state index contributed by atoms with van der Waals surface area (Å²) >= 11 is 0. The summed E-state index contributed by atoms with van der Waals surface area (Å²) in [4.78, 5) is 16.6. The fourth-order valence-corrected chi connectivity index (χ4v) is 2.63. The fourth-order valence-electron chi connectivity index (χ4n) is 2.63. The van der Waals surface area contributed by atoms with E-state index in [1.807, 2.05) is 80.6 Å². The number of carbonyl (C=O) groups excluding carboxylic acids is 1. The van der Waals surface area contributed by atoms with Gasteiger partial charge in [0, 0.05) is 11.9 Å². The molecule has 3 aromatic carbocycles. The van der Waals surface area contributed by atoms with E-state index in [0.717, 1.165) is 16.9 Å². The average molecular weight is 388 g/mol. The Labute approximate surface area is 171 Å². The van der Waals surface area contributed by atoms with Gasteiger partial charge in [-0.3, -0.25) is 9.79 Å². The van der Waals surface area contributed by atoms with E-state index in [9.17, 15) is 4.79 Å². The molecule has 0 spiro atoms. The van der Waals surface area contributed by atoms with Crippen LogP contribution in [0.15, 0.2) is 77.8 Å². The highest BCUT2D eigenvalue weighted by Crippen LogP contribution is 2.28. The van der Waals surface area contributed by atoms with Crippen molar-refractivity contribution in [2.45, 2.75) is 13.8 Å². The topological polar surface area (TPSA) is 59.9 Å². The molecule has 148 valence electrons. The molecule has 1 N–H and O–H groups in total. The van der Waals surface area contributed by atoms with Crippen molar-refractivity contribution in [2.75, 3.05) is 18.5 Å². The van der Waals surface area contributed by atoms with Crippen LogP contribution in [-0.4, -0.2) is 25.3 Å². The summed E-state index contributed by atoms with van der Waals surface area (Å²) in [6.07, 6.45) is 1.78. The molecule has 0 aliphatic heterocycles. The third-order valence-corrected chi connectivity index (χ3v) is 4.08. The molecule has 0 aromatic heterocycles. The van der Waals surface area contributed by atoms with Gasteiger partial charge in [-0.1, -0.05) is 35.9 Å². The number of carbonyl (C=O) groups is 1. The number of rotatable bonds is 8. The van der Waals surface area contributed by atoms with E-state index in [1.54, 1.807) is 12.3 Å². The number of aliphatic imine (C=N–C) groups is 1. The van der Waals surface area contributed by atoms with E-state index in [2.05, 4.69) is 10.3 Å². The Bertz CT molecular complexity index is 967. The van der Waals surface area contributed by atoms with Crippen molar-refractivity contribution < 1.29 is 14.3 Å². The molecule has 0 bridgehead atoms. The van der Waals surface area contributed by atoms with Crippen molar-refractivity contribution in [3.63, 3.8) is 0 Å². The van der Waals surface area contributed by atoms with Crippen molar-refractivity contribution in [3.05, 3.63) is 83.9 Å². The van der Waals surface area contributed by atoms with Gasteiger partial charge in [-0.25, -0.2) is 0 Å². The molecule has 5 heteroatoms. The Morgan fingerprint density at radius 1 is 0.966 bits per heavy atom. The first-order valence-electron chi connectivity index (χ1n) is 9.49. The van der Waals surface area contributed by atoms with Gasteiger partial charge < -0.3 is 14.8 Å². The van der Waals surface area contributed by atoms with Crippen molar-refractivity contribution in [3.8, 4) is 11.5 Å². The molecule has 1 amide bonds. The summed E-state index contributed by atoms with van der Waals surface area (Å²) in [5.41, 5.74) is 3.69. The van der Waals surface area contributed by atoms with Gasteiger partial charge >= 0.3 is 0 Å². The first kappa shape index (κ1) is 20.1. The van der Waals surface area contributed by atoms with Gasteiger partial charge in [-0.05, 0) is 61.9 Å². The standard InChI is InChI=1S/C24H24N2O3/c1-3-28-23-15-19(16-25-20-12-9-18(2)10-13-20)11-14-22(23)29-17-24(27)26-21-7-5-4-6-8-21/h4-16H,3,17H2,1-2H3,(H,26,27). The van der Waals surface area contributed by atoms with E-state index >= 15 is 0 Å². The van der Waals surface area contributed by atoms with Crippen LogP contribution in [0.3, 0.4) is 0 Å². The van der Waals surface area contributed by atoms with E-state index in [1.165, 1.54) is 5.56 Å². The molecule has 0 atom stereocenters. The molecule has 0 radical (unpaired) electrons. The monoisotopic (exact) mass is 388 g/mol. The van der Waals surface area contributed by atoms with Gasteiger partial charge in [0.15, 0.2) is 18.1 Å². The molecule has 0 saturated heterocycles. The molecular weight excluding hydrogens is 364 g/mol. The normalized spacial score (nSPS) is 10.7. The summed E-state index contributed by atoms with van der Waals surface area (Å²) in [6, 6.07) is 22.8. The van der Waals surface area contributed by atoms with Gasteiger partial charge in [0.1, 0.15) is 0 Å². The zero-order valence-corrected chi connectivity index (χ0v) is 16.6. The molecule has 3 aromatic rings. The van der Waals surface area contributed by atoms with Crippen LogP contribution in [0.4, 0.5) is 11.4 Å².